The van der Waals surface area contributed by atoms with Crippen molar-refractivity contribution in [2.24, 2.45) is 7.05 Å². The molecule has 1 aromatic heterocycles. The van der Waals surface area contributed by atoms with Crippen LogP contribution in [-0.2, 0) is 23.5 Å². The number of hydrogen-bond acceptors (Lipinski definition) is 2. The number of rotatable bonds is 6. The van der Waals surface area contributed by atoms with Gasteiger partial charge >= 0.3 is 0 Å². The Hall–Kier alpha value is -2.11. The van der Waals surface area contributed by atoms with E-state index in [-0.39, 0.29) is 11.7 Å². The van der Waals surface area contributed by atoms with Crippen molar-refractivity contribution in [3.05, 3.63) is 71.9 Å². The molecule has 1 fully saturated rings. The highest BCUT2D eigenvalue weighted by molar-refractivity contribution is 7.89. The summed E-state index contributed by atoms with van der Waals surface area (Å²) in [5.41, 5.74) is 3.64. The van der Waals surface area contributed by atoms with Crippen LogP contribution in [-0.4, -0.2) is 36.1 Å². The zero-order chi connectivity index (χ0) is 18.9. The lowest BCUT2D eigenvalue weighted by Crippen LogP contribution is -2.31. The Kier molecular flexibility index (Phi) is 5.06. The Labute approximate surface area is 161 Å². The number of nitrogens with zero attached hydrogens (tertiary/aromatic N) is 2. The van der Waals surface area contributed by atoms with Gasteiger partial charge in [-0.25, -0.2) is 12.7 Å². The predicted molar refractivity (Wildman–Crippen MR) is 110 cm³/mol. The van der Waals surface area contributed by atoms with Crippen molar-refractivity contribution >= 4 is 20.9 Å². The number of aromatic nitrogens is 1. The molecule has 4 nitrogen and oxygen atoms in total. The molecular formula is C22H26N2O2S. The van der Waals surface area contributed by atoms with Gasteiger partial charge in [-0.05, 0) is 42.3 Å². The van der Waals surface area contributed by atoms with E-state index < -0.39 is 10.0 Å². The van der Waals surface area contributed by atoms with E-state index in [9.17, 15) is 8.42 Å². The second-order valence-electron chi connectivity index (χ2n) is 7.44. The van der Waals surface area contributed by atoms with E-state index >= 15 is 0 Å². The highest BCUT2D eigenvalue weighted by Gasteiger charge is 2.33. The number of para-hydroxylation sites is 1. The number of fused-ring (bicyclic) bond motifs is 1. The lowest BCUT2D eigenvalue weighted by molar-refractivity contribution is 0.469. The summed E-state index contributed by atoms with van der Waals surface area (Å²) in [4.78, 5) is 0. The largest absolute Gasteiger partial charge is 0.347 e. The van der Waals surface area contributed by atoms with Gasteiger partial charge < -0.3 is 4.57 Å². The second-order valence-corrected chi connectivity index (χ2v) is 9.52. The summed E-state index contributed by atoms with van der Waals surface area (Å²) in [5, 5.41) is 1.22. The van der Waals surface area contributed by atoms with Crippen molar-refractivity contribution in [2.75, 3.05) is 18.8 Å². The molecule has 2 aromatic carbocycles. The maximum absolute atomic E-state index is 12.8. The Morgan fingerprint density at radius 3 is 2.56 bits per heavy atom. The molecule has 4 rings (SSSR count). The summed E-state index contributed by atoms with van der Waals surface area (Å²) in [6.07, 6.45) is 2.37. The van der Waals surface area contributed by atoms with Crippen LogP contribution in [0.25, 0.3) is 10.9 Å². The van der Waals surface area contributed by atoms with Crippen molar-refractivity contribution in [3.63, 3.8) is 0 Å². The summed E-state index contributed by atoms with van der Waals surface area (Å²) in [7, 11) is -1.11. The van der Waals surface area contributed by atoms with Crippen LogP contribution in [0.15, 0.2) is 60.7 Å². The monoisotopic (exact) mass is 382 g/mol. The molecule has 0 N–H and O–H groups in total. The fraction of sp³-hybridized carbons (Fsp3) is 0.364. The van der Waals surface area contributed by atoms with Gasteiger partial charge in [-0.1, -0.05) is 48.5 Å². The molecule has 1 aliphatic heterocycles. The molecule has 1 atom stereocenters. The van der Waals surface area contributed by atoms with Gasteiger partial charge in [-0.15, -0.1) is 0 Å². The lowest BCUT2D eigenvalue weighted by atomic mass is 10.1. The van der Waals surface area contributed by atoms with E-state index in [0.29, 0.717) is 19.5 Å². The number of hydrogen-bond donors (Lipinski definition) is 0. The van der Waals surface area contributed by atoms with Crippen LogP contribution >= 0.6 is 0 Å². The molecule has 0 radical (unpaired) electrons. The number of aryl methyl sites for hydroxylation is 2. The van der Waals surface area contributed by atoms with Crippen LogP contribution in [0.1, 0.15) is 30.0 Å². The van der Waals surface area contributed by atoms with Gasteiger partial charge in [0, 0.05) is 37.3 Å². The molecule has 0 bridgehead atoms. The van der Waals surface area contributed by atoms with Gasteiger partial charge in [0.1, 0.15) is 0 Å². The van der Waals surface area contributed by atoms with Crippen molar-refractivity contribution in [1.82, 2.24) is 8.87 Å². The third-order valence-electron chi connectivity index (χ3n) is 5.66. The second kappa shape index (κ2) is 7.49. The summed E-state index contributed by atoms with van der Waals surface area (Å²) in [6, 6.07) is 20.6. The number of benzene rings is 2. The maximum Gasteiger partial charge on any atom is 0.214 e. The van der Waals surface area contributed by atoms with Crippen LogP contribution in [0.2, 0.25) is 0 Å². The van der Waals surface area contributed by atoms with E-state index in [1.54, 1.807) is 4.31 Å². The Morgan fingerprint density at radius 1 is 1.04 bits per heavy atom. The maximum atomic E-state index is 12.8. The van der Waals surface area contributed by atoms with Crippen molar-refractivity contribution in [1.29, 1.82) is 0 Å². The highest BCUT2D eigenvalue weighted by Crippen LogP contribution is 2.32. The molecule has 2 heterocycles. The molecule has 0 aliphatic carbocycles. The topological polar surface area (TPSA) is 42.3 Å². The van der Waals surface area contributed by atoms with Crippen LogP contribution in [0, 0.1) is 0 Å². The minimum Gasteiger partial charge on any atom is -0.347 e. The van der Waals surface area contributed by atoms with Crippen LogP contribution < -0.4 is 0 Å². The first-order valence-electron chi connectivity index (χ1n) is 9.61. The standard InChI is InChI=1S/C22H26N2O2S/c1-23-21-12-6-5-11-19(21)16-22(23)20-13-14-24(17-20)27(25,26)15-7-10-18-8-3-2-4-9-18/h2-6,8-9,11-12,16,20H,7,10,13-15,17H2,1H3. The van der Waals surface area contributed by atoms with Crippen LogP contribution in [0.5, 0.6) is 0 Å². The molecule has 3 aromatic rings. The minimum atomic E-state index is -3.19. The molecule has 0 amide bonds. The van der Waals surface area contributed by atoms with Gasteiger partial charge in [0.2, 0.25) is 10.0 Å². The van der Waals surface area contributed by atoms with Gasteiger partial charge in [-0.3, -0.25) is 0 Å². The first-order valence-corrected chi connectivity index (χ1v) is 11.2. The van der Waals surface area contributed by atoms with Gasteiger partial charge in [-0.2, -0.15) is 0 Å². The average molecular weight is 383 g/mol. The fourth-order valence-electron chi connectivity index (χ4n) is 4.16. The average Bonchev–Trinajstić information content (AvgIpc) is 3.28. The van der Waals surface area contributed by atoms with Crippen LogP contribution in [0.3, 0.4) is 0 Å². The van der Waals surface area contributed by atoms with Gasteiger partial charge in [0.15, 0.2) is 0 Å². The SMILES string of the molecule is Cn1c(C2CCN(S(=O)(=O)CCCc3ccccc3)C2)cc2ccccc21. The summed E-state index contributed by atoms with van der Waals surface area (Å²) in [6.45, 7) is 1.22. The van der Waals surface area contributed by atoms with Crippen LogP contribution in [0.4, 0.5) is 0 Å². The quantitative estimate of drug-likeness (QED) is 0.648. The highest BCUT2D eigenvalue weighted by atomic mass is 32.2. The molecule has 142 valence electrons. The van der Waals surface area contributed by atoms with Gasteiger partial charge in [0.25, 0.3) is 0 Å². The van der Waals surface area contributed by atoms with Crippen molar-refractivity contribution < 1.29 is 8.42 Å². The molecule has 5 heteroatoms. The summed E-state index contributed by atoms with van der Waals surface area (Å²) < 4.78 is 29.5. The summed E-state index contributed by atoms with van der Waals surface area (Å²) >= 11 is 0. The Bertz CT molecular complexity index is 1020. The van der Waals surface area contributed by atoms with E-state index in [2.05, 4.69) is 41.9 Å². The van der Waals surface area contributed by atoms with E-state index in [1.165, 1.54) is 22.2 Å². The molecule has 27 heavy (non-hydrogen) atoms. The molecular weight excluding hydrogens is 356 g/mol. The smallest absolute Gasteiger partial charge is 0.214 e. The molecule has 1 aliphatic rings. The zero-order valence-electron chi connectivity index (χ0n) is 15.7. The number of sulfonamides is 1. The third-order valence-corrected chi connectivity index (χ3v) is 7.59. The molecule has 1 unspecified atom stereocenters. The van der Waals surface area contributed by atoms with E-state index in [4.69, 9.17) is 0 Å². The molecule has 1 saturated heterocycles. The zero-order valence-corrected chi connectivity index (χ0v) is 16.5. The molecule has 0 saturated carbocycles. The minimum absolute atomic E-state index is 0.226. The first-order chi connectivity index (χ1) is 13.0. The lowest BCUT2D eigenvalue weighted by Gasteiger charge is -2.17. The van der Waals surface area contributed by atoms with Crippen molar-refractivity contribution in [2.45, 2.75) is 25.2 Å². The predicted octanol–water partition coefficient (Wildman–Crippen LogP) is 3.93. The Morgan fingerprint density at radius 2 is 1.78 bits per heavy atom. The summed E-state index contributed by atoms with van der Waals surface area (Å²) in [5.74, 6) is 0.496. The fourth-order valence-corrected chi connectivity index (χ4v) is 5.71. The Balaban J connectivity index is 1.41. The van der Waals surface area contributed by atoms with Gasteiger partial charge in [0.05, 0.1) is 5.75 Å². The molecule has 0 spiro atoms. The van der Waals surface area contributed by atoms with E-state index in [0.717, 1.165) is 12.8 Å². The van der Waals surface area contributed by atoms with E-state index in [1.807, 2.05) is 30.3 Å². The normalized spacial score (nSPS) is 18.3. The third kappa shape index (κ3) is 3.80. The first kappa shape index (κ1) is 18.3. The van der Waals surface area contributed by atoms with Crippen molar-refractivity contribution in [3.8, 4) is 0 Å².